The van der Waals surface area contributed by atoms with Gasteiger partial charge in [-0.15, -0.1) is 0 Å². The van der Waals surface area contributed by atoms with Crippen molar-refractivity contribution in [2.45, 2.75) is 33.3 Å². The minimum Gasteiger partial charge on any atom is -0.490 e. The van der Waals surface area contributed by atoms with Crippen molar-refractivity contribution < 1.29 is 9.53 Å². The van der Waals surface area contributed by atoms with Gasteiger partial charge in [0.05, 0.1) is 5.57 Å². The van der Waals surface area contributed by atoms with Crippen LogP contribution >= 0.6 is 0 Å². The second kappa shape index (κ2) is 5.01. The van der Waals surface area contributed by atoms with Crippen LogP contribution in [0.4, 0.5) is 0 Å². The van der Waals surface area contributed by atoms with Gasteiger partial charge in [0.25, 0.3) is 5.91 Å². The standard InChI is InChI=1S/C12H19NO2/c1-5-10-8-11(9(4)15-10)12(14)13(6-2)7-3/h5,10H,1,6-8H2,2-4H3. The molecule has 0 aromatic rings. The number of allylic oxidation sites excluding steroid dienone is 1. The Labute approximate surface area is 91.4 Å². The fourth-order valence-electron chi connectivity index (χ4n) is 1.76. The van der Waals surface area contributed by atoms with E-state index >= 15 is 0 Å². The summed E-state index contributed by atoms with van der Waals surface area (Å²) in [7, 11) is 0. The highest BCUT2D eigenvalue weighted by Gasteiger charge is 2.27. The maximum absolute atomic E-state index is 12.0. The molecule has 0 radical (unpaired) electrons. The summed E-state index contributed by atoms with van der Waals surface area (Å²) in [5.74, 6) is 0.846. The van der Waals surface area contributed by atoms with Crippen molar-refractivity contribution >= 4 is 5.91 Å². The van der Waals surface area contributed by atoms with E-state index in [-0.39, 0.29) is 12.0 Å². The molecule has 1 heterocycles. The van der Waals surface area contributed by atoms with Crippen LogP contribution in [0.5, 0.6) is 0 Å². The Balaban J connectivity index is 2.76. The van der Waals surface area contributed by atoms with Crippen molar-refractivity contribution in [1.29, 1.82) is 0 Å². The van der Waals surface area contributed by atoms with Gasteiger partial charge < -0.3 is 9.64 Å². The number of hydrogen-bond acceptors (Lipinski definition) is 2. The zero-order valence-electron chi connectivity index (χ0n) is 9.75. The Morgan fingerprint density at radius 2 is 2.20 bits per heavy atom. The molecule has 1 aliphatic rings. The highest BCUT2D eigenvalue weighted by atomic mass is 16.5. The summed E-state index contributed by atoms with van der Waals surface area (Å²) in [5.41, 5.74) is 0.795. The van der Waals surface area contributed by atoms with Crippen molar-refractivity contribution in [3.63, 3.8) is 0 Å². The fraction of sp³-hybridized carbons (Fsp3) is 0.583. The number of ether oxygens (including phenoxy) is 1. The second-order valence-electron chi connectivity index (χ2n) is 3.61. The van der Waals surface area contributed by atoms with Crippen LogP contribution in [0.15, 0.2) is 24.0 Å². The Morgan fingerprint density at radius 1 is 1.60 bits per heavy atom. The van der Waals surface area contributed by atoms with E-state index in [0.717, 1.165) is 24.4 Å². The molecule has 84 valence electrons. The Hall–Kier alpha value is -1.25. The predicted octanol–water partition coefficient (Wildman–Crippen LogP) is 2.10. The lowest BCUT2D eigenvalue weighted by Crippen LogP contribution is -2.31. The molecule has 0 saturated heterocycles. The molecule has 0 aromatic heterocycles. The van der Waals surface area contributed by atoms with E-state index in [2.05, 4.69) is 6.58 Å². The summed E-state index contributed by atoms with van der Waals surface area (Å²) in [4.78, 5) is 13.8. The molecule has 1 rings (SSSR count). The van der Waals surface area contributed by atoms with Crippen LogP contribution in [0.3, 0.4) is 0 Å². The monoisotopic (exact) mass is 209 g/mol. The molecule has 0 aliphatic carbocycles. The Bertz CT molecular complexity index is 290. The second-order valence-corrected chi connectivity index (χ2v) is 3.61. The zero-order valence-corrected chi connectivity index (χ0v) is 9.75. The molecule has 1 amide bonds. The van der Waals surface area contributed by atoms with E-state index in [9.17, 15) is 4.79 Å². The van der Waals surface area contributed by atoms with Crippen LogP contribution in [0.2, 0.25) is 0 Å². The number of hydrogen-bond donors (Lipinski definition) is 0. The van der Waals surface area contributed by atoms with Gasteiger partial charge in [0.2, 0.25) is 0 Å². The molecule has 1 aliphatic heterocycles. The van der Waals surface area contributed by atoms with Crippen LogP contribution in [0, 0.1) is 0 Å². The van der Waals surface area contributed by atoms with Gasteiger partial charge in [0.1, 0.15) is 11.9 Å². The molecule has 0 N–H and O–H groups in total. The van der Waals surface area contributed by atoms with E-state index in [4.69, 9.17) is 4.74 Å². The molecule has 0 spiro atoms. The lowest BCUT2D eigenvalue weighted by Gasteiger charge is -2.18. The first-order valence-electron chi connectivity index (χ1n) is 5.42. The highest BCUT2D eigenvalue weighted by molar-refractivity contribution is 5.94. The number of likely N-dealkylation sites (N-methyl/N-ethyl adjacent to an activating group) is 1. The number of carbonyl (C=O) groups excluding carboxylic acids is 1. The lowest BCUT2D eigenvalue weighted by molar-refractivity contribution is -0.126. The van der Waals surface area contributed by atoms with Crippen LogP contribution in [-0.2, 0) is 9.53 Å². The summed E-state index contributed by atoms with van der Waals surface area (Å²) in [6.07, 6.45) is 2.37. The molecule has 0 aromatic carbocycles. The number of nitrogens with zero attached hydrogens (tertiary/aromatic N) is 1. The van der Waals surface area contributed by atoms with Gasteiger partial charge in [-0.1, -0.05) is 12.7 Å². The number of rotatable bonds is 4. The number of amides is 1. The summed E-state index contributed by atoms with van der Waals surface area (Å²) >= 11 is 0. The topological polar surface area (TPSA) is 29.5 Å². The van der Waals surface area contributed by atoms with Crippen molar-refractivity contribution in [3.8, 4) is 0 Å². The predicted molar refractivity (Wildman–Crippen MR) is 60.3 cm³/mol. The third kappa shape index (κ3) is 2.41. The lowest BCUT2D eigenvalue weighted by atomic mass is 10.1. The van der Waals surface area contributed by atoms with Crippen LogP contribution in [-0.4, -0.2) is 30.0 Å². The van der Waals surface area contributed by atoms with E-state index in [1.54, 1.807) is 6.08 Å². The highest BCUT2D eigenvalue weighted by Crippen LogP contribution is 2.26. The van der Waals surface area contributed by atoms with Gasteiger partial charge >= 0.3 is 0 Å². The molecule has 0 fully saturated rings. The van der Waals surface area contributed by atoms with Gasteiger partial charge in [-0.25, -0.2) is 0 Å². The average molecular weight is 209 g/mol. The Morgan fingerprint density at radius 3 is 2.60 bits per heavy atom. The third-order valence-electron chi connectivity index (χ3n) is 2.73. The summed E-state index contributed by atoms with van der Waals surface area (Å²) in [6, 6.07) is 0. The van der Waals surface area contributed by atoms with E-state index in [1.165, 1.54) is 0 Å². The molecule has 1 atom stereocenters. The van der Waals surface area contributed by atoms with Crippen LogP contribution in [0.25, 0.3) is 0 Å². The molecule has 3 heteroatoms. The minimum absolute atomic E-state index is 0.0282. The first-order chi connectivity index (χ1) is 7.13. The van der Waals surface area contributed by atoms with Crippen LogP contribution < -0.4 is 0 Å². The van der Waals surface area contributed by atoms with Crippen molar-refractivity contribution in [3.05, 3.63) is 24.0 Å². The van der Waals surface area contributed by atoms with Gasteiger partial charge in [-0.05, 0) is 20.8 Å². The maximum Gasteiger partial charge on any atom is 0.253 e. The Kier molecular flexibility index (Phi) is 3.95. The SMILES string of the molecule is C=CC1CC(C(=O)N(CC)CC)=C(C)O1. The molecule has 0 saturated carbocycles. The van der Waals surface area contributed by atoms with E-state index in [1.807, 2.05) is 25.7 Å². The molecular formula is C12H19NO2. The van der Waals surface area contributed by atoms with Gasteiger partial charge in [0, 0.05) is 19.5 Å². The van der Waals surface area contributed by atoms with E-state index in [0.29, 0.717) is 6.42 Å². The first kappa shape index (κ1) is 11.8. The third-order valence-corrected chi connectivity index (χ3v) is 2.73. The summed E-state index contributed by atoms with van der Waals surface area (Å²) in [5, 5.41) is 0. The molecule has 1 unspecified atom stereocenters. The smallest absolute Gasteiger partial charge is 0.253 e. The van der Waals surface area contributed by atoms with Crippen molar-refractivity contribution in [2.24, 2.45) is 0 Å². The van der Waals surface area contributed by atoms with Crippen molar-refractivity contribution in [2.75, 3.05) is 13.1 Å². The fourth-order valence-corrected chi connectivity index (χ4v) is 1.76. The van der Waals surface area contributed by atoms with Crippen LogP contribution in [0.1, 0.15) is 27.2 Å². The average Bonchev–Trinajstić information content (AvgIpc) is 2.61. The minimum atomic E-state index is -0.0282. The van der Waals surface area contributed by atoms with E-state index < -0.39 is 0 Å². The summed E-state index contributed by atoms with van der Waals surface area (Å²) < 4.78 is 5.50. The maximum atomic E-state index is 12.0. The largest absolute Gasteiger partial charge is 0.490 e. The molecular weight excluding hydrogens is 190 g/mol. The van der Waals surface area contributed by atoms with Gasteiger partial charge in [0.15, 0.2) is 0 Å². The van der Waals surface area contributed by atoms with Crippen molar-refractivity contribution in [1.82, 2.24) is 4.90 Å². The number of carbonyl (C=O) groups is 1. The molecule has 3 nitrogen and oxygen atoms in total. The summed E-state index contributed by atoms with van der Waals surface area (Å²) in [6.45, 7) is 11.0. The molecule has 15 heavy (non-hydrogen) atoms. The normalized spacial score (nSPS) is 20.1. The quantitative estimate of drug-likeness (QED) is 0.664. The van der Waals surface area contributed by atoms with Gasteiger partial charge in [-0.2, -0.15) is 0 Å². The zero-order chi connectivity index (χ0) is 11.4. The van der Waals surface area contributed by atoms with Gasteiger partial charge in [-0.3, -0.25) is 4.79 Å². The molecule has 0 bridgehead atoms. The first-order valence-corrected chi connectivity index (χ1v) is 5.42.